The highest BCUT2D eigenvalue weighted by Gasteiger charge is 2.20. The monoisotopic (exact) mass is 275 g/mol. The molecule has 1 aromatic heterocycles. The van der Waals surface area contributed by atoms with Crippen molar-refractivity contribution in [2.75, 3.05) is 0 Å². The Hall–Kier alpha value is -1.68. The molecule has 1 atom stereocenters. The van der Waals surface area contributed by atoms with E-state index in [0.717, 1.165) is 17.8 Å². The predicted molar refractivity (Wildman–Crippen MR) is 78.6 cm³/mol. The number of imidazole rings is 1. The Morgan fingerprint density at radius 3 is 2.50 bits per heavy atom. The van der Waals surface area contributed by atoms with Crippen molar-refractivity contribution in [1.82, 2.24) is 15.3 Å². The van der Waals surface area contributed by atoms with Gasteiger partial charge in [0.15, 0.2) is 0 Å². The van der Waals surface area contributed by atoms with Crippen LogP contribution in [0, 0.1) is 11.2 Å². The largest absolute Gasteiger partial charge is 0.348 e. The summed E-state index contributed by atoms with van der Waals surface area (Å²) in [7, 11) is 0. The summed E-state index contributed by atoms with van der Waals surface area (Å²) in [6, 6.07) is 6.90. The van der Waals surface area contributed by atoms with Crippen LogP contribution in [0.5, 0.6) is 0 Å². The van der Waals surface area contributed by atoms with Gasteiger partial charge in [-0.3, -0.25) is 0 Å². The Labute approximate surface area is 119 Å². The minimum atomic E-state index is -0.200. The number of benzene rings is 1. The molecule has 2 N–H and O–H groups in total. The van der Waals surface area contributed by atoms with Crippen LogP contribution in [0.15, 0.2) is 36.7 Å². The van der Waals surface area contributed by atoms with E-state index in [1.54, 1.807) is 6.20 Å². The highest BCUT2D eigenvalue weighted by atomic mass is 19.1. The molecule has 2 aromatic rings. The fourth-order valence-electron chi connectivity index (χ4n) is 2.23. The van der Waals surface area contributed by atoms with E-state index in [1.165, 1.54) is 12.1 Å². The number of rotatable bonds is 5. The summed E-state index contributed by atoms with van der Waals surface area (Å²) in [5, 5.41) is 3.50. The number of aromatic amines is 1. The lowest BCUT2D eigenvalue weighted by Crippen LogP contribution is -2.26. The maximum atomic E-state index is 13.1. The molecule has 0 aliphatic rings. The maximum absolute atomic E-state index is 13.1. The number of aromatic nitrogens is 2. The molecule has 1 aromatic carbocycles. The molecule has 1 heterocycles. The molecule has 0 spiro atoms. The van der Waals surface area contributed by atoms with Crippen LogP contribution in [0.25, 0.3) is 0 Å². The molecule has 4 heteroatoms. The molecule has 0 fully saturated rings. The topological polar surface area (TPSA) is 40.7 Å². The zero-order valence-corrected chi connectivity index (χ0v) is 12.3. The van der Waals surface area contributed by atoms with Crippen LogP contribution in [-0.2, 0) is 6.54 Å². The van der Waals surface area contributed by atoms with Gasteiger partial charge in [0.2, 0.25) is 0 Å². The van der Waals surface area contributed by atoms with Crippen molar-refractivity contribution in [3.8, 4) is 0 Å². The molecule has 0 aliphatic carbocycles. The summed E-state index contributed by atoms with van der Waals surface area (Å²) in [6.07, 6.45) is 4.53. The van der Waals surface area contributed by atoms with E-state index in [0.29, 0.717) is 6.54 Å². The first kappa shape index (κ1) is 14.7. The molecule has 0 unspecified atom stereocenters. The number of H-pyrrole nitrogens is 1. The molecule has 0 radical (unpaired) electrons. The SMILES string of the molecule is CC(C)(C)C[C@H](NCc1ncc[nH]1)c1ccc(F)cc1. The first-order chi connectivity index (χ1) is 9.44. The molecule has 0 saturated heterocycles. The average molecular weight is 275 g/mol. The van der Waals surface area contributed by atoms with Crippen LogP contribution in [0.1, 0.15) is 44.6 Å². The lowest BCUT2D eigenvalue weighted by molar-refractivity contribution is 0.309. The van der Waals surface area contributed by atoms with Crippen molar-refractivity contribution >= 4 is 0 Å². The van der Waals surface area contributed by atoms with E-state index < -0.39 is 0 Å². The van der Waals surface area contributed by atoms with Crippen molar-refractivity contribution in [2.24, 2.45) is 5.41 Å². The van der Waals surface area contributed by atoms with E-state index in [1.807, 2.05) is 18.3 Å². The van der Waals surface area contributed by atoms with Crippen molar-refractivity contribution in [2.45, 2.75) is 39.8 Å². The first-order valence-corrected chi connectivity index (χ1v) is 6.91. The lowest BCUT2D eigenvalue weighted by Gasteiger charge is -2.27. The summed E-state index contributed by atoms with van der Waals surface area (Å²) >= 11 is 0. The number of hydrogen-bond acceptors (Lipinski definition) is 2. The summed E-state index contributed by atoms with van der Waals surface area (Å²) in [5.74, 6) is 0.709. The van der Waals surface area contributed by atoms with Gasteiger partial charge in [0.05, 0.1) is 6.54 Å². The molecule has 0 amide bonds. The Morgan fingerprint density at radius 1 is 1.25 bits per heavy atom. The third-order valence-corrected chi connectivity index (χ3v) is 3.16. The number of hydrogen-bond donors (Lipinski definition) is 2. The Bertz CT molecular complexity index is 512. The highest BCUT2D eigenvalue weighted by Crippen LogP contribution is 2.29. The maximum Gasteiger partial charge on any atom is 0.123 e. The zero-order chi connectivity index (χ0) is 14.6. The van der Waals surface area contributed by atoms with E-state index in [-0.39, 0.29) is 17.3 Å². The average Bonchev–Trinajstić information content (AvgIpc) is 2.87. The second-order valence-electron chi connectivity index (χ2n) is 6.29. The Kier molecular flexibility index (Phi) is 4.55. The van der Waals surface area contributed by atoms with Gasteiger partial charge in [-0.1, -0.05) is 32.9 Å². The van der Waals surface area contributed by atoms with Crippen LogP contribution in [0.2, 0.25) is 0 Å². The molecule has 2 rings (SSSR count). The van der Waals surface area contributed by atoms with Gasteiger partial charge in [0, 0.05) is 18.4 Å². The van der Waals surface area contributed by atoms with E-state index in [2.05, 4.69) is 36.1 Å². The molecule has 20 heavy (non-hydrogen) atoms. The minimum Gasteiger partial charge on any atom is -0.348 e. The number of nitrogens with one attached hydrogen (secondary N) is 2. The van der Waals surface area contributed by atoms with Crippen molar-refractivity contribution < 1.29 is 4.39 Å². The summed E-state index contributed by atoms with van der Waals surface area (Å²) in [4.78, 5) is 7.30. The molecule has 0 bridgehead atoms. The second-order valence-corrected chi connectivity index (χ2v) is 6.29. The predicted octanol–water partition coefficient (Wildman–Crippen LogP) is 3.82. The second kappa shape index (κ2) is 6.18. The third kappa shape index (κ3) is 4.46. The van der Waals surface area contributed by atoms with Gasteiger partial charge in [-0.25, -0.2) is 9.37 Å². The number of nitrogens with zero attached hydrogens (tertiary/aromatic N) is 1. The van der Waals surface area contributed by atoms with Crippen LogP contribution in [-0.4, -0.2) is 9.97 Å². The van der Waals surface area contributed by atoms with Gasteiger partial charge in [-0.15, -0.1) is 0 Å². The van der Waals surface area contributed by atoms with Crippen LogP contribution < -0.4 is 5.32 Å². The van der Waals surface area contributed by atoms with E-state index >= 15 is 0 Å². The summed E-state index contributed by atoms with van der Waals surface area (Å²) in [6.45, 7) is 7.29. The van der Waals surface area contributed by atoms with Crippen LogP contribution in [0.4, 0.5) is 4.39 Å². The fourth-order valence-corrected chi connectivity index (χ4v) is 2.23. The van der Waals surface area contributed by atoms with Crippen molar-refractivity contribution in [1.29, 1.82) is 0 Å². The van der Waals surface area contributed by atoms with E-state index in [9.17, 15) is 4.39 Å². The molecular weight excluding hydrogens is 253 g/mol. The highest BCUT2D eigenvalue weighted by molar-refractivity contribution is 5.20. The summed E-state index contributed by atoms with van der Waals surface area (Å²) in [5.41, 5.74) is 1.29. The minimum absolute atomic E-state index is 0.181. The van der Waals surface area contributed by atoms with E-state index in [4.69, 9.17) is 0 Å². The normalized spacial score (nSPS) is 13.4. The fraction of sp³-hybridized carbons (Fsp3) is 0.438. The quantitative estimate of drug-likeness (QED) is 0.871. The van der Waals surface area contributed by atoms with Gasteiger partial charge < -0.3 is 10.3 Å². The molecule has 0 saturated carbocycles. The standard InChI is InChI=1S/C16H22FN3/c1-16(2,3)10-14(12-4-6-13(17)7-5-12)20-11-15-18-8-9-19-15/h4-9,14,20H,10-11H2,1-3H3,(H,18,19)/t14-/m0/s1. The van der Waals surface area contributed by atoms with Gasteiger partial charge in [-0.2, -0.15) is 0 Å². The smallest absolute Gasteiger partial charge is 0.123 e. The molecule has 108 valence electrons. The van der Waals surface area contributed by atoms with Gasteiger partial charge in [0.25, 0.3) is 0 Å². The molecule has 0 aliphatic heterocycles. The molecule has 3 nitrogen and oxygen atoms in total. The molecular formula is C16H22FN3. The summed E-state index contributed by atoms with van der Waals surface area (Å²) < 4.78 is 13.1. The van der Waals surface area contributed by atoms with Crippen LogP contribution in [0.3, 0.4) is 0 Å². The van der Waals surface area contributed by atoms with Crippen LogP contribution >= 0.6 is 0 Å². The lowest BCUT2D eigenvalue weighted by atomic mass is 9.85. The van der Waals surface area contributed by atoms with Gasteiger partial charge >= 0.3 is 0 Å². The number of halogens is 1. The zero-order valence-electron chi connectivity index (χ0n) is 12.3. The van der Waals surface area contributed by atoms with Crippen molar-refractivity contribution in [3.05, 3.63) is 53.9 Å². The Morgan fingerprint density at radius 2 is 1.95 bits per heavy atom. The Balaban J connectivity index is 2.09. The van der Waals surface area contributed by atoms with Gasteiger partial charge in [-0.05, 0) is 29.5 Å². The first-order valence-electron chi connectivity index (χ1n) is 6.91. The van der Waals surface area contributed by atoms with Gasteiger partial charge in [0.1, 0.15) is 11.6 Å². The third-order valence-electron chi connectivity index (χ3n) is 3.16. The van der Waals surface area contributed by atoms with Crippen molar-refractivity contribution in [3.63, 3.8) is 0 Å².